The largest absolute Gasteiger partial charge is 0.330 e. The topological polar surface area (TPSA) is 75.4 Å². The number of amides is 3. The number of carbonyl (C=O) groups excluding carboxylic acids is 2. The minimum Gasteiger partial charge on any atom is -0.330 e. The van der Waals surface area contributed by atoms with Crippen molar-refractivity contribution in [3.8, 4) is 0 Å². The molecule has 3 amide bonds. The fourth-order valence-electron chi connectivity index (χ4n) is 3.13. The maximum atomic E-state index is 13.2. The smallest absolute Gasteiger partial charge is 0.325 e. The first-order valence-electron chi connectivity index (χ1n) is 8.15. The lowest BCUT2D eigenvalue weighted by Gasteiger charge is -2.28. The molecule has 0 atom stereocenters. The Kier molecular flexibility index (Phi) is 4.62. The molecule has 1 heterocycles. The molecular formula is C19H21N3O2. The molecule has 0 spiro atoms. The van der Waals surface area contributed by atoms with Crippen molar-refractivity contribution in [1.82, 2.24) is 10.2 Å². The zero-order valence-electron chi connectivity index (χ0n) is 13.4. The number of benzene rings is 2. The fraction of sp³-hybridized carbons (Fsp3) is 0.263. The summed E-state index contributed by atoms with van der Waals surface area (Å²) in [7, 11) is 0. The van der Waals surface area contributed by atoms with Gasteiger partial charge in [-0.05, 0) is 30.5 Å². The van der Waals surface area contributed by atoms with Crippen molar-refractivity contribution in [1.29, 1.82) is 0 Å². The van der Waals surface area contributed by atoms with Crippen molar-refractivity contribution >= 4 is 11.9 Å². The Morgan fingerprint density at radius 3 is 1.92 bits per heavy atom. The number of nitrogens with two attached hydrogens (primary N) is 1. The van der Waals surface area contributed by atoms with Crippen LogP contribution in [0.25, 0.3) is 0 Å². The number of nitrogens with one attached hydrogen (secondary N) is 1. The molecule has 0 aromatic heterocycles. The van der Waals surface area contributed by atoms with Crippen molar-refractivity contribution in [3.05, 3.63) is 71.8 Å². The van der Waals surface area contributed by atoms with Gasteiger partial charge in [0.25, 0.3) is 5.91 Å². The average molecular weight is 323 g/mol. The minimum absolute atomic E-state index is 0.234. The summed E-state index contributed by atoms with van der Waals surface area (Å²) in [6, 6.07) is 18.4. The molecule has 0 saturated carbocycles. The summed E-state index contributed by atoms with van der Waals surface area (Å²) in [6.45, 7) is 0.926. The third kappa shape index (κ3) is 2.67. The predicted octanol–water partition coefficient (Wildman–Crippen LogP) is 2.22. The summed E-state index contributed by atoms with van der Waals surface area (Å²) in [5, 5.41) is 2.93. The number of rotatable bonds is 6. The van der Waals surface area contributed by atoms with E-state index >= 15 is 0 Å². The Hall–Kier alpha value is -2.66. The molecule has 24 heavy (non-hydrogen) atoms. The molecule has 2 aromatic rings. The van der Waals surface area contributed by atoms with E-state index in [1.807, 2.05) is 60.7 Å². The second-order valence-corrected chi connectivity index (χ2v) is 5.86. The van der Waals surface area contributed by atoms with Crippen LogP contribution in [0.4, 0.5) is 4.79 Å². The first-order valence-corrected chi connectivity index (χ1v) is 8.15. The van der Waals surface area contributed by atoms with E-state index in [0.29, 0.717) is 19.5 Å². The van der Waals surface area contributed by atoms with Crippen LogP contribution in [0, 0.1) is 0 Å². The number of carbonyl (C=O) groups is 2. The molecule has 3 N–H and O–H groups in total. The number of imide groups is 1. The third-order valence-corrected chi connectivity index (χ3v) is 4.35. The average Bonchev–Trinajstić information content (AvgIpc) is 2.89. The molecule has 0 unspecified atom stereocenters. The van der Waals surface area contributed by atoms with Gasteiger partial charge >= 0.3 is 6.03 Å². The maximum Gasteiger partial charge on any atom is 0.325 e. The molecule has 5 heteroatoms. The van der Waals surface area contributed by atoms with E-state index in [-0.39, 0.29) is 11.9 Å². The van der Waals surface area contributed by atoms with Crippen LogP contribution in [0.3, 0.4) is 0 Å². The highest BCUT2D eigenvalue weighted by atomic mass is 16.2. The molecule has 2 aromatic carbocycles. The molecular weight excluding hydrogens is 302 g/mol. The third-order valence-electron chi connectivity index (χ3n) is 4.35. The molecule has 3 rings (SSSR count). The van der Waals surface area contributed by atoms with E-state index in [1.165, 1.54) is 4.90 Å². The first-order chi connectivity index (χ1) is 11.7. The van der Waals surface area contributed by atoms with Crippen LogP contribution in [0.15, 0.2) is 60.7 Å². The normalized spacial score (nSPS) is 16.3. The lowest BCUT2D eigenvalue weighted by Crippen LogP contribution is -2.45. The summed E-state index contributed by atoms with van der Waals surface area (Å²) in [6.07, 6.45) is 1.48. The molecule has 1 saturated heterocycles. The van der Waals surface area contributed by atoms with Gasteiger partial charge in [0.2, 0.25) is 0 Å². The van der Waals surface area contributed by atoms with E-state index in [1.54, 1.807) is 0 Å². The van der Waals surface area contributed by atoms with Gasteiger partial charge in [0.05, 0.1) is 0 Å². The molecule has 124 valence electrons. The molecule has 0 radical (unpaired) electrons. The van der Waals surface area contributed by atoms with Crippen LogP contribution in [0.5, 0.6) is 0 Å². The summed E-state index contributed by atoms with van der Waals surface area (Å²) < 4.78 is 0. The van der Waals surface area contributed by atoms with Gasteiger partial charge in [-0.1, -0.05) is 60.7 Å². The lowest BCUT2D eigenvalue weighted by molar-refractivity contribution is -0.130. The van der Waals surface area contributed by atoms with Crippen LogP contribution in [-0.4, -0.2) is 29.9 Å². The number of hydrogen-bond acceptors (Lipinski definition) is 3. The summed E-state index contributed by atoms with van der Waals surface area (Å²) in [5.41, 5.74) is 5.87. The van der Waals surface area contributed by atoms with Crippen LogP contribution < -0.4 is 11.1 Å². The van der Waals surface area contributed by atoms with Crippen LogP contribution >= 0.6 is 0 Å². The monoisotopic (exact) mass is 323 g/mol. The maximum absolute atomic E-state index is 13.2. The first kappa shape index (κ1) is 16.2. The molecule has 1 aliphatic heterocycles. The molecule has 0 bridgehead atoms. The molecule has 0 aliphatic carbocycles. The van der Waals surface area contributed by atoms with Crippen molar-refractivity contribution < 1.29 is 9.59 Å². The van der Waals surface area contributed by atoms with Gasteiger partial charge in [0, 0.05) is 6.54 Å². The highest BCUT2D eigenvalue weighted by Gasteiger charge is 2.53. The van der Waals surface area contributed by atoms with Crippen molar-refractivity contribution in [2.75, 3.05) is 13.1 Å². The van der Waals surface area contributed by atoms with Crippen LogP contribution in [-0.2, 0) is 10.3 Å². The predicted molar refractivity (Wildman–Crippen MR) is 92.2 cm³/mol. The lowest BCUT2D eigenvalue weighted by atomic mass is 9.82. The van der Waals surface area contributed by atoms with E-state index in [4.69, 9.17) is 5.73 Å². The van der Waals surface area contributed by atoms with Gasteiger partial charge in [0.1, 0.15) is 0 Å². The van der Waals surface area contributed by atoms with Crippen LogP contribution in [0.1, 0.15) is 24.0 Å². The number of hydrogen-bond donors (Lipinski definition) is 2. The standard InChI is InChI=1S/C19H21N3O2/c20-13-7-8-14-22-17(23)19(21-18(22)24,15-9-3-1-4-10-15)16-11-5-2-6-12-16/h1-6,9-12H,7-8,13-14,20H2,(H,21,24). The Balaban J connectivity index is 2.04. The Bertz CT molecular complexity index is 676. The summed E-state index contributed by atoms with van der Waals surface area (Å²) >= 11 is 0. The van der Waals surface area contributed by atoms with Crippen molar-refractivity contribution in [2.45, 2.75) is 18.4 Å². The fourth-order valence-corrected chi connectivity index (χ4v) is 3.13. The quantitative estimate of drug-likeness (QED) is 0.632. The van der Waals surface area contributed by atoms with Gasteiger partial charge in [0.15, 0.2) is 5.54 Å². The Morgan fingerprint density at radius 1 is 0.875 bits per heavy atom. The summed E-state index contributed by atoms with van der Waals surface area (Å²) in [4.78, 5) is 27.0. The van der Waals surface area contributed by atoms with Crippen molar-refractivity contribution in [3.63, 3.8) is 0 Å². The van der Waals surface area contributed by atoms with E-state index in [9.17, 15) is 9.59 Å². The van der Waals surface area contributed by atoms with E-state index in [0.717, 1.165) is 17.5 Å². The second kappa shape index (κ2) is 6.84. The van der Waals surface area contributed by atoms with Gasteiger partial charge in [-0.15, -0.1) is 0 Å². The minimum atomic E-state index is -1.16. The molecule has 1 fully saturated rings. The van der Waals surface area contributed by atoms with Gasteiger partial charge < -0.3 is 11.1 Å². The van der Waals surface area contributed by atoms with Gasteiger partial charge in [-0.25, -0.2) is 4.79 Å². The molecule has 5 nitrogen and oxygen atoms in total. The van der Waals surface area contributed by atoms with Gasteiger partial charge in [-0.2, -0.15) is 0 Å². The van der Waals surface area contributed by atoms with E-state index < -0.39 is 5.54 Å². The highest BCUT2D eigenvalue weighted by Crippen LogP contribution is 2.35. The number of unbranched alkanes of at least 4 members (excludes halogenated alkanes) is 1. The van der Waals surface area contributed by atoms with Crippen molar-refractivity contribution in [2.24, 2.45) is 5.73 Å². The highest BCUT2D eigenvalue weighted by molar-refractivity contribution is 6.09. The Morgan fingerprint density at radius 2 is 1.42 bits per heavy atom. The summed E-state index contributed by atoms with van der Waals surface area (Å²) in [5.74, 6) is -0.234. The number of nitrogens with zero attached hydrogens (tertiary/aromatic N) is 1. The molecule has 1 aliphatic rings. The zero-order valence-corrected chi connectivity index (χ0v) is 13.4. The van der Waals surface area contributed by atoms with E-state index in [2.05, 4.69) is 5.32 Å². The zero-order chi connectivity index (χ0) is 17.0. The second-order valence-electron chi connectivity index (χ2n) is 5.86. The van der Waals surface area contributed by atoms with Gasteiger partial charge in [-0.3, -0.25) is 9.69 Å². The number of urea groups is 1. The Labute approximate surface area is 141 Å². The SMILES string of the molecule is NCCCCN1C(=O)NC(c2ccccc2)(c2ccccc2)C1=O. The van der Waals surface area contributed by atoms with Crippen LogP contribution in [0.2, 0.25) is 0 Å².